The highest BCUT2D eigenvalue weighted by molar-refractivity contribution is 6.02. The van der Waals surface area contributed by atoms with E-state index < -0.39 is 18.0 Å². The molecule has 3 N–H and O–H groups in total. The second-order valence-corrected chi connectivity index (χ2v) is 12.2. The minimum absolute atomic E-state index is 0.100. The number of allylic oxidation sites excluding steroid dienone is 1. The van der Waals surface area contributed by atoms with E-state index in [1.807, 2.05) is 25.1 Å². The number of aromatic amines is 2. The highest BCUT2D eigenvalue weighted by Crippen LogP contribution is 2.52. The molecule has 0 aromatic carbocycles. The molecule has 2 aliphatic heterocycles. The normalized spacial score (nSPS) is 20.4. The summed E-state index contributed by atoms with van der Waals surface area (Å²) < 4.78 is 10.2. The molecule has 1 aliphatic carbocycles. The van der Waals surface area contributed by atoms with Gasteiger partial charge in [-0.25, -0.2) is 4.98 Å². The van der Waals surface area contributed by atoms with E-state index in [2.05, 4.69) is 50.3 Å². The summed E-state index contributed by atoms with van der Waals surface area (Å²) >= 11 is 0. The summed E-state index contributed by atoms with van der Waals surface area (Å²) in [5, 5.41) is 11.7. The Morgan fingerprint density at radius 1 is 1.00 bits per heavy atom. The van der Waals surface area contributed by atoms with Gasteiger partial charge in [0.05, 0.1) is 37.4 Å². The number of aliphatic hydroxyl groups excluding tert-OH is 1. The molecular weight excluding hydrogens is 568 g/mol. The van der Waals surface area contributed by atoms with Crippen LogP contribution < -0.4 is 0 Å². The maximum absolute atomic E-state index is 13.3. The summed E-state index contributed by atoms with van der Waals surface area (Å²) in [6, 6.07) is 6.19. The molecule has 0 radical (unpaired) electrons. The molecule has 0 saturated carbocycles. The van der Waals surface area contributed by atoms with Crippen LogP contribution >= 0.6 is 0 Å². The van der Waals surface area contributed by atoms with Crippen LogP contribution in [0.4, 0.5) is 0 Å². The number of esters is 2. The molecule has 234 valence electrons. The number of carbonyl (C=O) groups is 2. The number of nitrogens with zero attached hydrogens (tertiary/aromatic N) is 2. The van der Waals surface area contributed by atoms with Gasteiger partial charge in [-0.3, -0.25) is 14.6 Å². The number of hydrogen-bond donors (Lipinski definition) is 3. The molecule has 0 amide bonds. The van der Waals surface area contributed by atoms with Crippen molar-refractivity contribution in [1.82, 2.24) is 19.9 Å². The van der Waals surface area contributed by atoms with Crippen molar-refractivity contribution in [3.05, 3.63) is 75.4 Å². The lowest BCUT2D eigenvalue weighted by Gasteiger charge is -2.20. The summed E-state index contributed by atoms with van der Waals surface area (Å²) in [4.78, 5) is 43.1. The van der Waals surface area contributed by atoms with Crippen LogP contribution in [-0.4, -0.2) is 57.3 Å². The SMILES string of the molecule is C=Cc1c(C)c2cc3nc(c4c5nc(cc6[nH]c(cc1[nH]2)c(C)c6CC)C(C)=C5C(O)[C@@H]4C(=O)OC)[C@@H](CCC(=O)OC)[C@@H]3C. The van der Waals surface area contributed by atoms with Crippen molar-refractivity contribution in [1.29, 1.82) is 0 Å². The van der Waals surface area contributed by atoms with E-state index >= 15 is 0 Å². The van der Waals surface area contributed by atoms with Crippen molar-refractivity contribution in [3.8, 4) is 0 Å². The summed E-state index contributed by atoms with van der Waals surface area (Å²) in [7, 11) is 2.70. The lowest BCUT2D eigenvalue weighted by molar-refractivity contribution is -0.144. The minimum atomic E-state index is -1.15. The zero-order valence-corrected chi connectivity index (χ0v) is 26.9. The van der Waals surface area contributed by atoms with Gasteiger partial charge in [0, 0.05) is 62.7 Å². The van der Waals surface area contributed by atoms with E-state index in [4.69, 9.17) is 19.4 Å². The third-order valence-electron chi connectivity index (χ3n) is 9.98. The van der Waals surface area contributed by atoms with Gasteiger partial charge in [0.15, 0.2) is 0 Å². The third-order valence-corrected chi connectivity index (χ3v) is 9.98. The molecule has 5 heterocycles. The van der Waals surface area contributed by atoms with Crippen molar-refractivity contribution in [2.45, 2.75) is 77.7 Å². The van der Waals surface area contributed by atoms with Crippen LogP contribution in [0.5, 0.6) is 0 Å². The van der Waals surface area contributed by atoms with Gasteiger partial charge in [-0.1, -0.05) is 26.5 Å². The molecule has 45 heavy (non-hydrogen) atoms. The number of methoxy groups -OCH3 is 2. The number of aromatic nitrogens is 4. The minimum Gasteiger partial charge on any atom is -0.469 e. The smallest absolute Gasteiger partial charge is 0.316 e. The molecule has 9 heteroatoms. The number of H-pyrrole nitrogens is 2. The van der Waals surface area contributed by atoms with E-state index in [1.165, 1.54) is 19.8 Å². The van der Waals surface area contributed by atoms with Gasteiger partial charge in [0.25, 0.3) is 0 Å². The third kappa shape index (κ3) is 4.72. The largest absolute Gasteiger partial charge is 0.469 e. The Kier molecular flexibility index (Phi) is 7.77. The van der Waals surface area contributed by atoms with Crippen LogP contribution in [0.1, 0.15) is 102 Å². The van der Waals surface area contributed by atoms with Gasteiger partial charge < -0.3 is 24.5 Å². The predicted molar refractivity (Wildman–Crippen MR) is 176 cm³/mol. The molecule has 0 saturated heterocycles. The number of rotatable bonds is 6. The number of aliphatic hydroxyl groups is 1. The fourth-order valence-corrected chi connectivity index (χ4v) is 7.37. The summed E-state index contributed by atoms with van der Waals surface area (Å²) in [6.07, 6.45) is 2.17. The maximum Gasteiger partial charge on any atom is 0.316 e. The summed E-state index contributed by atoms with van der Waals surface area (Å²) in [6.45, 7) is 14.4. The summed E-state index contributed by atoms with van der Waals surface area (Å²) in [5.41, 5.74) is 12.8. The van der Waals surface area contributed by atoms with Gasteiger partial charge in [-0.05, 0) is 74.1 Å². The van der Waals surface area contributed by atoms with Crippen molar-refractivity contribution in [3.63, 3.8) is 0 Å². The lowest BCUT2D eigenvalue weighted by atomic mass is 9.84. The Balaban J connectivity index is 1.80. The Hall–Kier alpha value is -4.50. The van der Waals surface area contributed by atoms with Gasteiger partial charge in [0.2, 0.25) is 0 Å². The Labute approximate surface area is 262 Å². The average molecular weight is 609 g/mol. The first-order valence-corrected chi connectivity index (χ1v) is 15.5. The quantitative estimate of drug-likeness (QED) is 0.271. The van der Waals surface area contributed by atoms with Crippen LogP contribution in [0.25, 0.3) is 39.3 Å². The van der Waals surface area contributed by atoms with E-state index in [1.54, 1.807) is 0 Å². The van der Waals surface area contributed by atoms with E-state index in [9.17, 15) is 14.7 Å². The van der Waals surface area contributed by atoms with Gasteiger partial charge in [-0.2, -0.15) is 0 Å². The first-order chi connectivity index (χ1) is 21.5. The molecule has 6 rings (SSSR count). The van der Waals surface area contributed by atoms with E-state index in [0.717, 1.165) is 56.4 Å². The van der Waals surface area contributed by atoms with Crippen molar-refractivity contribution in [2.24, 2.45) is 0 Å². The average Bonchev–Trinajstić information content (AvgIpc) is 3.76. The number of fused-ring (bicyclic) bond motifs is 8. The van der Waals surface area contributed by atoms with Crippen molar-refractivity contribution < 1.29 is 24.2 Å². The summed E-state index contributed by atoms with van der Waals surface area (Å²) in [5.74, 6) is -2.19. The van der Waals surface area contributed by atoms with Crippen molar-refractivity contribution >= 4 is 51.2 Å². The first kappa shape index (κ1) is 30.5. The molecule has 3 aliphatic rings. The lowest BCUT2D eigenvalue weighted by Crippen LogP contribution is -2.24. The zero-order valence-electron chi connectivity index (χ0n) is 26.9. The van der Waals surface area contributed by atoms with E-state index in [0.29, 0.717) is 34.6 Å². The zero-order chi connectivity index (χ0) is 32.3. The molecule has 1 unspecified atom stereocenters. The van der Waals surface area contributed by atoms with Crippen LogP contribution in [0.15, 0.2) is 24.8 Å². The molecule has 3 aromatic heterocycles. The van der Waals surface area contributed by atoms with E-state index in [-0.39, 0.29) is 24.2 Å². The second kappa shape index (κ2) is 11.5. The van der Waals surface area contributed by atoms with Crippen molar-refractivity contribution in [2.75, 3.05) is 14.2 Å². The fourth-order valence-electron chi connectivity index (χ4n) is 7.37. The van der Waals surface area contributed by atoms with Crippen LogP contribution in [0.2, 0.25) is 0 Å². The van der Waals surface area contributed by atoms with Gasteiger partial charge in [0.1, 0.15) is 5.92 Å². The number of carbonyl (C=O) groups excluding carboxylic acids is 2. The number of aryl methyl sites for hydroxylation is 3. The molecular formula is C36H40N4O5. The number of nitrogens with one attached hydrogen (secondary N) is 2. The Morgan fingerprint density at radius 3 is 2.38 bits per heavy atom. The molecule has 3 aromatic rings. The highest BCUT2D eigenvalue weighted by atomic mass is 16.5. The standard InChI is InChI=1S/C36H40N4O5/c1-9-20-16(3)23-13-25-18(5)22(11-12-29(41)44-7)33(39-25)31-32(36(43)45-8)35(42)30-19(6)26(40-34(30)31)15-28-21(10-2)17(4)24(38-28)14-27(20)37-23/h9,13-15,18,22,32,35,37-38,42H,1,10-12H2,2-8H3/t18-,22-,32+,35?/m0/s1. The van der Waals surface area contributed by atoms with Gasteiger partial charge >= 0.3 is 11.9 Å². The topological polar surface area (TPSA) is 130 Å². The van der Waals surface area contributed by atoms with Gasteiger partial charge in [-0.15, -0.1) is 0 Å². The molecule has 0 spiro atoms. The highest BCUT2D eigenvalue weighted by Gasteiger charge is 2.48. The van der Waals surface area contributed by atoms with Crippen LogP contribution in [0, 0.1) is 13.8 Å². The Morgan fingerprint density at radius 2 is 1.71 bits per heavy atom. The van der Waals surface area contributed by atoms with Crippen LogP contribution in [0.3, 0.4) is 0 Å². The monoisotopic (exact) mass is 608 g/mol. The predicted octanol–water partition coefficient (Wildman–Crippen LogP) is 6.54. The maximum atomic E-state index is 13.3. The second-order valence-electron chi connectivity index (χ2n) is 12.2. The fraction of sp³-hybridized carbons (Fsp3) is 0.389. The molecule has 4 atom stereocenters. The number of ether oxygens (including phenoxy) is 2. The van der Waals surface area contributed by atoms with Crippen LogP contribution in [-0.2, 0) is 25.5 Å². The molecule has 0 fully saturated rings. The first-order valence-electron chi connectivity index (χ1n) is 15.5. The molecule has 9 nitrogen and oxygen atoms in total. The molecule has 8 bridgehead atoms. The number of hydrogen-bond acceptors (Lipinski definition) is 7. The Bertz CT molecular complexity index is 1960.